The number of aryl methyl sites for hydroxylation is 1. The second-order valence-corrected chi connectivity index (χ2v) is 8.62. The largest absolute Gasteiger partial charge is 0.368 e. The lowest BCUT2D eigenvalue weighted by Crippen LogP contribution is -2.50. The van der Waals surface area contributed by atoms with E-state index in [-0.39, 0.29) is 11.5 Å². The van der Waals surface area contributed by atoms with Crippen molar-refractivity contribution in [2.24, 2.45) is 7.05 Å². The number of fused-ring (bicyclic) bond motifs is 3. The van der Waals surface area contributed by atoms with Crippen molar-refractivity contribution in [1.29, 1.82) is 0 Å². The molecule has 3 heterocycles. The van der Waals surface area contributed by atoms with E-state index in [9.17, 15) is 9.59 Å². The summed E-state index contributed by atoms with van der Waals surface area (Å²) < 4.78 is 3.20. The summed E-state index contributed by atoms with van der Waals surface area (Å²) in [4.78, 5) is 30.6. The molecule has 7 nitrogen and oxygen atoms in total. The molecule has 0 radical (unpaired) electrons. The van der Waals surface area contributed by atoms with Crippen LogP contribution in [0.15, 0.2) is 59.5 Å². The molecule has 5 rings (SSSR count). The van der Waals surface area contributed by atoms with Gasteiger partial charge in [-0.25, -0.2) is 4.68 Å². The average molecular weight is 450 g/mol. The molecule has 8 heteroatoms. The van der Waals surface area contributed by atoms with E-state index < -0.39 is 6.04 Å². The number of piperazine rings is 1. The second-order valence-electron chi connectivity index (χ2n) is 8.19. The number of rotatable bonds is 3. The van der Waals surface area contributed by atoms with Crippen molar-refractivity contribution in [2.75, 3.05) is 31.1 Å². The smallest absolute Gasteiger partial charge is 0.291 e. The molecular weight excluding hydrogens is 426 g/mol. The summed E-state index contributed by atoms with van der Waals surface area (Å²) in [5, 5.41) is 6.61. The molecule has 1 aliphatic rings. The Labute approximate surface area is 190 Å². The fourth-order valence-corrected chi connectivity index (χ4v) is 4.73. The van der Waals surface area contributed by atoms with Gasteiger partial charge < -0.3 is 14.4 Å². The molecule has 164 valence electrons. The van der Waals surface area contributed by atoms with E-state index in [1.807, 2.05) is 64.9 Å². The highest BCUT2D eigenvalue weighted by Gasteiger charge is 2.29. The second kappa shape index (κ2) is 7.98. The van der Waals surface area contributed by atoms with Gasteiger partial charge in [-0.05, 0) is 37.3 Å². The summed E-state index contributed by atoms with van der Waals surface area (Å²) in [6.45, 7) is 4.63. The fourth-order valence-electron chi connectivity index (χ4n) is 4.60. The van der Waals surface area contributed by atoms with E-state index in [2.05, 4.69) is 10.00 Å². The first-order valence-corrected chi connectivity index (χ1v) is 11.1. The number of carbonyl (C=O) groups is 1. The minimum absolute atomic E-state index is 0.0160. The summed E-state index contributed by atoms with van der Waals surface area (Å²) in [5.41, 5.74) is 2.29. The third-order valence-corrected chi connectivity index (χ3v) is 6.59. The number of halogens is 1. The fraction of sp³-hybridized carbons (Fsp3) is 0.292. The number of amides is 1. The van der Waals surface area contributed by atoms with Crippen LogP contribution in [0.1, 0.15) is 13.0 Å². The Morgan fingerprint density at radius 2 is 1.69 bits per heavy atom. The monoisotopic (exact) mass is 449 g/mol. The summed E-state index contributed by atoms with van der Waals surface area (Å²) >= 11 is 6.00. The molecule has 1 aliphatic heterocycles. The number of benzene rings is 2. The highest BCUT2D eigenvalue weighted by atomic mass is 35.5. The van der Waals surface area contributed by atoms with Crippen molar-refractivity contribution in [3.8, 4) is 0 Å². The molecule has 1 fully saturated rings. The van der Waals surface area contributed by atoms with Gasteiger partial charge in [0.15, 0.2) is 0 Å². The van der Waals surface area contributed by atoms with Crippen LogP contribution in [0.25, 0.3) is 21.8 Å². The van der Waals surface area contributed by atoms with Crippen LogP contribution >= 0.6 is 11.6 Å². The molecule has 0 N–H and O–H groups in total. The Kier molecular flexibility index (Phi) is 5.13. The Balaban J connectivity index is 1.45. The van der Waals surface area contributed by atoms with Gasteiger partial charge >= 0.3 is 0 Å². The maximum absolute atomic E-state index is 13.5. The Hall–Kier alpha value is -3.32. The zero-order valence-corrected chi connectivity index (χ0v) is 18.8. The zero-order valence-electron chi connectivity index (χ0n) is 18.0. The molecule has 1 saturated heterocycles. The molecule has 1 amide bonds. The van der Waals surface area contributed by atoms with Gasteiger partial charge in [-0.2, -0.15) is 5.10 Å². The van der Waals surface area contributed by atoms with E-state index in [1.54, 1.807) is 13.2 Å². The summed E-state index contributed by atoms with van der Waals surface area (Å²) in [6, 6.07) is 15.1. The van der Waals surface area contributed by atoms with E-state index in [0.717, 1.165) is 35.1 Å². The van der Waals surface area contributed by atoms with E-state index in [4.69, 9.17) is 11.6 Å². The number of aromatic nitrogens is 3. The van der Waals surface area contributed by atoms with Gasteiger partial charge in [0.25, 0.3) is 5.56 Å². The molecule has 0 unspecified atom stereocenters. The number of anilines is 1. The topological polar surface area (TPSA) is 63.4 Å². The molecule has 2 aromatic carbocycles. The Morgan fingerprint density at radius 3 is 2.41 bits per heavy atom. The Morgan fingerprint density at radius 1 is 1.00 bits per heavy atom. The number of para-hydroxylation sites is 1. The van der Waals surface area contributed by atoms with Crippen LogP contribution in [-0.2, 0) is 11.8 Å². The highest BCUT2D eigenvalue weighted by Crippen LogP contribution is 2.30. The number of hydrogen-bond donors (Lipinski definition) is 0. The Bertz CT molecular complexity index is 1370. The van der Waals surface area contributed by atoms with Gasteiger partial charge in [0.2, 0.25) is 5.91 Å². The minimum Gasteiger partial charge on any atom is -0.368 e. The predicted octanol–water partition coefficient (Wildman–Crippen LogP) is 3.45. The third-order valence-electron chi connectivity index (χ3n) is 6.33. The van der Waals surface area contributed by atoms with Crippen LogP contribution in [0.5, 0.6) is 0 Å². The van der Waals surface area contributed by atoms with Crippen LogP contribution in [0, 0.1) is 0 Å². The van der Waals surface area contributed by atoms with Crippen molar-refractivity contribution in [2.45, 2.75) is 13.0 Å². The quantitative estimate of drug-likeness (QED) is 0.480. The van der Waals surface area contributed by atoms with Crippen LogP contribution in [0.3, 0.4) is 0 Å². The van der Waals surface area contributed by atoms with Crippen molar-refractivity contribution in [3.05, 3.63) is 70.1 Å². The van der Waals surface area contributed by atoms with Gasteiger partial charge in [-0.15, -0.1) is 0 Å². The van der Waals surface area contributed by atoms with Crippen molar-refractivity contribution in [1.82, 2.24) is 19.2 Å². The average Bonchev–Trinajstić information content (AvgIpc) is 3.16. The van der Waals surface area contributed by atoms with E-state index >= 15 is 0 Å². The van der Waals surface area contributed by atoms with Gasteiger partial charge in [-0.3, -0.25) is 9.59 Å². The molecule has 2 aromatic heterocycles. The van der Waals surface area contributed by atoms with Gasteiger partial charge in [-0.1, -0.05) is 29.8 Å². The maximum atomic E-state index is 13.5. The van der Waals surface area contributed by atoms with Crippen LogP contribution in [0.4, 0.5) is 5.69 Å². The molecular formula is C24H24ClN5O2. The zero-order chi connectivity index (χ0) is 22.4. The lowest BCUT2D eigenvalue weighted by molar-refractivity contribution is -0.134. The third kappa shape index (κ3) is 3.33. The van der Waals surface area contributed by atoms with Crippen molar-refractivity contribution < 1.29 is 4.79 Å². The number of carbonyl (C=O) groups excluding carboxylic acids is 1. The summed E-state index contributed by atoms with van der Waals surface area (Å²) in [5.74, 6) is 0.0160. The standard InChI is InChI=1S/C24H24ClN5O2/c1-16(23(31)29-13-11-28(12-14-29)18-9-7-17(25)8-10-18)30-21-6-4-3-5-19(21)20-15-26-27(2)24(32)22(20)30/h3-10,15-16H,11-14H2,1-2H3/t16-/m0/s1. The maximum Gasteiger partial charge on any atom is 0.291 e. The van der Waals surface area contributed by atoms with E-state index in [1.165, 1.54) is 4.68 Å². The summed E-state index contributed by atoms with van der Waals surface area (Å²) in [7, 11) is 1.63. The SMILES string of the molecule is C[C@@H](C(=O)N1CCN(c2ccc(Cl)cc2)CC1)n1c2ccccc2c2cnn(C)c(=O)c21. The first-order valence-electron chi connectivity index (χ1n) is 10.7. The van der Waals surface area contributed by atoms with Gasteiger partial charge in [0, 0.05) is 54.7 Å². The lowest BCUT2D eigenvalue weighted by Gasteiger charge is -2.37. The summed E-state index contributed by atoms with van der Waals surface area (Å²) in [6.07, 6.45) is 1.71. The first kappa shape index (κ1) is 20.6. The lowest BCUT2D eigenvalue weighted by atomic mass is 10.2. The van der Waals surface area contributed by atoms with Crippen LogP contribution < -0.4 is 10.5 Å². The minimum atomic E-state index is -0.505. The van der Waals surface area contributed by atoms with Crippen LogP contribution in [0.2, 0.25) is 5.02 Å². The molecule has 32 heavy (non-hydrogen) atoms. The molecule has 0 aliphatic carbocycles. The van der Waals surface area contributed by atoms with Crippen LogP contribution in [-0.4, -0.2) is 51.3 Å². The molecule has 0 bridgehead atoms. The molecule has 0 saturated carbocycles. The van der Waals surface area contributed by atoms with Crippen molar-refractivity contribution in [3.63, 3.8) is 0 Å². The van der Waals surface area contributed by atoms with Gasteiger partial charge in [0.05, 0.1) is 11.7 Å². The molecule has 4 aromatic rings. The molecule has 1 atom stereocenters. The normalized spacial score (nSPS) is 15.5. The number of hydrogen-bond acceptors (Lipinski definition) is 4. The van der Waals surface area contributed by atoms with Crippen molar-refractivity contribution >= 4 is 45.0 Å². The van der Waals surface area contributed by atoms with Gasteiger partial charge in [0.1, 0.15) is 11.6 Å². The highest BCUT2D eigenvalue weighted by molar-refractivity contribution is 6.30. The predicted molar refractivity (Wildman–Crippen MR) is 127 cm³/mol. The first-order chi connectivity index (χ1) is 15.5. The van der Waals surface area contributed by atoms with E-state index in [0.29, 0.717) is 23.6 Å². The number of nitrogens with zero attached hydrogens (tertiary/aromatic N) is 5. The molecule has 0 spiro atoms.